The molecule has 1 aliphatic heterocycles. The number of hydrogen-bond donors (Lipinski definition) is 1. The van der Waals surface area contributed by atoms with Gasteiger partial charge in [-0.2, -0.15) is 0 Å². The van der Waals surface area contributed by atoms with E-state index in [1.54, 1.807) is 7.05 Å². The van der Waals surface area contributed by atoms with Gasteiger partial charge in [0.1, 0.15) is 0 Å². The van der Waals surface area contributed by atoms with Crippen LogP contribution in [0.15, 0.2) is 24.3 Å². The lowest BCUT2D eigenvalue weighted by atomic mass is 9.97. The van der Waals surface area contributed by atoms with E-state index in [1.807, 2.05) is 38.1 Å². The van der Waals surface area contributed by atoms with Crippen molar-refractivity contribution in [3.8, 4) is 0 Å². The molecule has 1 heterocycles. The van der Waals surface area contributed by atoms with Crippen molar-refractivity contribution in [1.82, 2.24) is 5.32 Å². The maximum Gasteiger partial charge on any atom is 0.310 e. The van der Waals surface area contributed by atoms with Crippen LogP contribution in [0.1, 0.15) is 37.0 Å². The molecule has 1 N–H and O–H groups in total. The van der Waals surface area contributed by atoms with Crippen molar-refractivity contribution < 1.29 is 14.3 Å². The minimum atomic E-state index is -0.191. The van der Waals surface area contributed by atoms with Gasteiger partial charge in [-0.25, -0.2) is 0 Å². The third-order valence-corrected chi connectivity index (χ3v) is 4.38. The van der Waals surface area contributed by atoms with Gasteiger partial charge in [0, 0.05) is 24.3 Å². The number of esters is 1. The lowest BCUT2D eigenvalue weighted by Gasteiger charge is -2.33. The van der Waals surface area contributed by atoms with Crippen molar-refractivity contribution in [2.24, 2.45) is 5.92 Å². The van der Waals surface area contributed by atoms with Crippen LogP contribution in [0.4, 0.5) is 5.69 Å². The molecule has 2 rings (SSSR count). The molecule has 2 atom stereocenters. The van der Waals surface area contributed by atoms with E-state index in [2.05, 4.69) is 10.2 Å². The maximum atomic E-state index is 12.1. The first-order valence-corrected chi connectivity index (χ1v) is 8.30. The van der Waals surface area contributed by atoms with Crippen LogP contribution in [-0.2, 0) is 9.53 Å². The SMILES string of the molecule is CCOC(=O)C1CCCN(c2ccc(C(=O)C(C)NC)cc2)C1. The van der Waals surface area contributed by atoms with Crippen LogP contribution in [0.3, 0.4) is 0 Å². The fourth-order valence-electron chi connectivity index (χ4n) is 2.88. The first-order chi connectivity index (χ1) is 11.1. The van der Waals surface area contributed by atoms with Crippen LogP contribution >= 0.6 is 0 Å². The van der Waals surface area contributed by atoms with Gasteiger partial charge in [0.15, 0.2) is 5.78 Å². The van der Waals surface area contributed by atoms with E-state index in [0.717, 1.165) is 25.1 Å². The fourth-order valence-corrected chi connectivity index (χ4v) is 2.88. The largest absolute Gasteiger partial charge is 0.466 e. The molecule has 0 spiro atoms. The van der Waals surface area contributed by atoms with Crippen LogP contribution in [0, 0.1) is 5.92 Å². The number of nitrogens with zero attached hydrogens (tertiary/aromatic N) is 1. The number of Topliss-reactive ketones (excluding diaryl/α,β-unsaturated/α-hetero) is 1. The Morgan fingerprint density at radius 1 is 1.35 bits per heavy atom. The molecule has 1 aromatic carbocycles. The summed E-state index contributed by atoms with van der Waals surface area (Å²) in [7, 11) is 1.78. The topological polar surface area (TPSA) is 58.6 Å². The summed E-state index contributed by atoms with van der Waals surface area (Å²) in [6, 6.07) is 7.45. The second-order valence-corrected chi connectivity index (χ2v) is 5.96. The van der Waals surface area contributed by atoms with Gasteiger partial charge in [0.2, 0.25) is 0 Å². The number of rotatable bonds is 6. The van der Waals surface area contributed by atoms with Gasteiger partial charge < -0.3 is 15.0 Å². The minimum Gasteiger partial charge on any atom is -0.466 e. The zero-order valence-electron chi connectivity index (χ0n) is 14.2. The molecule has 0 amide bonds. The number of carbonyl (C=O) groups is 2. The molecule has 1 fully saturated rings. The monoisotopic (exact) mass is 318 g/mol. The molecule has 0 aliphatic carbocycles. The lowest BCUT2D eigenvalue weighted by Crippen LogP contribution is -2.39. The quantitative estimate of drug-likeness (QED) is 0.644. The highest BCUT2D eigenvalue weighted by atomic mass is 16.5. The second kappa shape index (κ2) is 8.11. The van der Waals surface area contributed by atoms with Gasteiger partial charge in [0.25, 0.3) is 0 Å². The summed E-state index contributed by atoms with van der Waals surface area (Å²) < 4.78 is 5.14. The highest BCUT2D eigenvalue weighted by Gasteiger charge is 2.27. The molecule has 0 saturated carbocycles. The number of piperidine rings is 1. The lowest BCUT2D eigenvalue weighted by molar-refractivity contribution is -0.148. The van der Waals surface area contributed by atoms with Crippen LogP contribution in [0.5, 0.6) is 0 Å². The van der Waals surface area contributed by atoms with Crippen LogP contribution < -0.4 is 10.2 Å². The zero-order valence-corrected chi connectivity index (χ0v) is 14.2. The number of nitrogens with one attached hydrogen (secondary N) is 1. The van der Waals surface area contributed by atoms with Gasteiger partial charge in [-0.1, -0.05) is 0 Å². The summed E-state index contributed by atoms with van der Waals surface area (Å²) in [4.78, 5) is 26.3. The first-order valence-electron chi connectivity index (χ1n) is 8.30. The molecule has 0 radical (unpaired) electrons. The smallest absolute Gasteiger partial charge is 0.310 e. The summed E-state index contributed by atoms with van der Waals surface area (Å²) in [5.74, 6) is -0.0803. The Hall–Kier alpha value is -1.88. The van der Waals surface area contributed by atoms with E-state index >= 15 is 0 Å². The average Bonchev–Trinajstić information content (AvgIpc) is 2.61. The fraction of sp³-hybridized carbons (Fsp3) is 0.556. The van der Waals surface area contributed by atoms with Crippen molar-refractivity contribution >= 4 is 17.4 Å². The molecule has 2 unspecified atom stereocenters. The normalized spacial score (nSPS) is 19.3. The number of ether oxygens (including phenoxy) is 1. The molecule has 23 heavy (non-hydrogen) atoms. The highest BCUT2D eigenvalue weighted by Crippen LogP contribution is 2.24. The maximum absolute atomic E-state index is 12.1. The van der Waals surface area contributed by atoms with Crippen molar-refractivity contribution in [3.05, 3.63) is 29.8 Å². The summed E-state index contributed by atoms with van der Waals surface area (Å²) in [5, 5.41) is 2.96. The Bertz CT molecular complexity index is 542. The molecular formula is C18H26N2O3. The molecule has 1 aliphatic rings. The summed E-state index contributed by atoms with van der Waals surface area (Å²) in [5.41, 5.74) is 1.75. The number of carbonyl (C=O) groups excluding carboxylic acids is 2. The first kappa shape index (κ1) is 17.5. The molecule has 5 nitrogen and oxygen atoms in total. The van der Waals surface area contributed by atoms with Crippen molar-refractivity contribution in [1.29, 1.82) is 0 Å². The molecule has 0 bridgehead atoms. The Kier molecular flexibility index (Phi) is 6.16. The van der Waals surface area contributed by atoms with E-state index in [1.165, 1.54) is 0 Å². The van der Waals surface area contributed by atoms with Crippen LogP contribution in [-0.4, -0.2) is 44.5 Å². The number of anilines is 1. The van der Waals surface area contributed by atoms with E-state index < -0.39 is 0 Å². The number of benzene rings is 1. The molecule has 1 aromatic rings. The Morgan fingerprint density at radius 2 is 2.04 bits per heavy atom. The number of ketones is 1. The summed E-state index contributed by atoms with van der Waals surface area (Å²) >= 11 is 0. The van der Waals surface area contributed by atoms with Gasteiger partial charge in [0.05, 0.1) is 18.6 Å². The van der Waals surface area contributed by atoms with Gasteiger partial charge >= 0.3 is 5.97 Å². The molecular weight excluding hydrogens is 292 g/mol. The van der Waals surface area contributed by atoms with E-state index in [-0.39, 0.29) is 23.7 Å². The van der Waals surface area contributed by atoms with Crippen molar-refractivity contribution in [2.45, 2.75) is 32.7 Å². The Balaban J connectivity index is 2.04. The van der Waals surface area contributed by atoms with E-state index in [0.29, 0.717) is 18.7 Å². The predicted molar refractivity (Wildman–Crippen MR) is 90.9 cm³/mol. The highest BCUT2D eigenvalue weighted by molar-refractivity contribution is 6.00. The standard InChI is InChI=1S/C18H26N2O3/c1-4-23-18(22)15-6-5-11-20(12-15)16-9-7-14(8-10-16)17(21)13(2)19-3/h7-10,13,15,19H,4-6,11-12H2,1-3H3. The van der Waals surface area contributed by atoms with Gasteiger partial charge in [-0.05, 0) is 58.0 Å². The Morgan fingerprint density at radius 3 is 2.65 bits per heavy atom. The van der Waals surface area contributed by atoms with Gasteiger partial charge in [-0.3, -0.25) is 9.59 Å². The van der Waals surface area contributed by atoms with E-state index in [4.69, 9.17) is 4.74 Å². The average molecular weight is 318 g/mol. The minimum absolute atomic E-state index is 0.0608. The number of likely N-dealkylation sites (N-methyl/N-ethyl adjacent to an activating group) is 1. The van der Waals surface area contributed by atoms with Crippen LogP contribution in [0.2, 0.25) is 0 Å². The predicted octanol–water partition coefficient (Wildman–Crippen LogP) is 2.26. The molecule has 5 heteroatoms. The Labute approximate surface area is 138 Å². The summed E-state index contributed by atoms with van der Waals surface area (Å²) in [6.45, 7) is 5.72. The van der Waals surface area contributed by atoms with Crippen LogP contribution in [0.25, 0.3) is 0 Å². The zero-order chi connectivity index (χ0) is 16.8. The van der Waals surface area contributed by atoms with Gasteiger partial charge in [-0.15, -0.1) is 0 Å². The van der Waals surface area contributed by atoms with E-state index in [9.17, 15) is 9.59 Å². The third kappa shape index (κ3) is 4.32. The molecule has 126 valence electrons. The second-order valence-electron chi connectivity index (χ2n) is 5.96. The van der Waals surface area contributed by atoms with Crippen molar-refractivity contribution in [2.75, 3.05) is 31.6 Å². The third-order valence-electron chi connectivity index (χ3n) is 4.38. The number of hydrogen-bond acceptors (Lipinski definition) is 5. The molecule has 1 saturated heterocycles. The summed E-state index contributed by atoms with van der Waals surface area (Å²) in [6.07, 6.45) is 1.85. The van der Waals surface area contributed by atoms with Crippen molar-refractivity contribution in [3.63, 3.8) is 0 Å². The molecule has 0 aromatic heterocycles.